The highest BCUT2D eigenvalue weighted by Gasteiger charge is 2.30. The molecule has 1 atom stereocenters. The van der Waals surface area contributed by atoms with Crippen molar-refractivity contribution in [2.24, 2.45) is 5.92 Å². The summed E-state index contributed by atoms with van der Waals surface area (Å²) >= 11 is 0. The molecule has 1 aromatic heterocycles. The molecule has 2 aliphatic heterocycles. The van der Waals surface area contributed by atoms with Crippen LogP contribution in [-0.4, -0.2) is 85.1 Å². The molecule has 8 nitrogen and oxygen atoms in total. The number of piperidine rings is 1. The molecule has 0 spiro atoms. The van der Waals surface area contributed by atoms with Crippen molar-refractivity contribution in [2.45, 2.75) is 77.1 Å². The molecule has 8 heteroatoms. The maximum Gasteiger partial charge on any atom is 0.252 e. The van der Waals surface area contributed by atoms with Crippen molar-refractivity contribution in [3.8, 4) is 11.8 Å². The fourth-order valence-electron chi connectivity index (χ4n) is 6.61. The van der Waals surface area contributed by atoms with Crippen LogP contribution < -0.4 is 10.2 Å². The fraction of sp³-hybridized carbons (Fsp3) is 0.625. The number of benzene rings is 1. The van der Waals surface area contributed by atoms with Gasteiger partial charge in [-0.3, -0.25) is 4.79 Å². The maximum absolute atomic E-state index is 13.8. The Balaban J connectivity index is 1.45. The minimum Gasteiger partial charge on any atom is -0.373 e. The van der Waals surface area contributed by atoms with Crippen LogP contribution in [0.1, 0.15) is 84.4 Å². The van der Waals surface area contributed by atoms with Gasteiger partial charge in [0, 0.05) is 41.4 Å². The van der Waals surface area contributed by atoms with E-state index in [9.17, 15) is 4.79 Å². The normalized spacial score (nSPS) is 23.8. The molecule has 0 bridgehead atoms. The van der Waals surface area contributed by atoms with E-state index in [4.69, 9.17) is 4.74 Å². The number of rotatable bonds is 6. The third kappa shape index (κ3) is 6.38. The van der Waals surface area contributed by atoms with E-state index in [0.717, 1.165) is 73.5 Å². The Morgan fingerprint density at radius 1 is 1.15 bits per heavy atom. The van der Waals surface area contributed by atoms with Crippen LogP contribution in [-0.2, 0) is 11.3 Å². The van der Waals surface area contributed by atoms with E-state index in [0.29, 0.717) is 36.8 Å². The number of carbonyl (C=O) groups is 1. The second-order valence-electron chi connectivity index (χ2n) is 12.0. The molecule has 1 unspecified atom stereocenters. The predicted molar refractivity (Wildman–Crippen MR) is 159 cm³/mol. The molecule has 216 valence electrons. The maximum atomic E-state index is 13.8. The van der Waals surface area contributed by atoms with E-state index in [-0.39, 0.29) is 11.9 Å². The molecule has 1 saturated carbocycles. The highest BCUT2D eigenvalue weighted by Crippen LogP contribution is 2.33. The van der Waals surface area contributed by atoms with Crippen LogP contribution in [0.15, 0.2) is 18.5 Å². The summed E-state index contributed by atoms with van der Waals surface area (Å²) in [6.07, 6.45) is 8.58. The zero-order chi connectivity index (χ0) is 28.2. The number of fused-ring (bicyclic) bond motifs is 1. The number of amides is 1. The van der Waals surface area contributed by atoms with E-state index in [2.05, 4.69) is 82.9 Å². The van der Waals surface area contributed by atoms with Gasteiger partial charge in [0.05, 0.1) is 37.0 Å². The third-order valence-electron chi connectivity index (χ3n) is 9.17. The third-order valence-corrected chi connectivity index (χ3v) is 9.17. The van der Waals surface area contributed by atoms with E-state index in [1.54, 1.807) is 6.33 Å². The van der Waals surface area contributed by atoms with Gasteiger partial charge in [0.15, 0.2) is 0 Å². The topological polar surface area (TPSA) is 76.7 Å². The number of H-pyrrole nitrogens is 1. The number of anilines is 1. The number of hydrogen-bond donors (Lipinski definition) is 2. The fourth-order valence-corrected chi connectivity index (χ4v) is 6.61. The molecule has 0 radical (unpaired) electrons. The standard InChI is InChI=1S/C32H46N6O2/c1-6-38(26-11-9-25(10-12-26)36(3)4)30-18-24(8-7-23-13-15-37(5)16-14-23)17-27(22(30)2)32(39)35-29-20-40-19-28-31(29)34-21-33-28/h17-18,21,23,25-26,29H,6,9-16,19-20H2,1-5H3,(H,33,34)(H,35,39). The summed E-state index contributed by atoms with van der Waals surface area (Å²) in [6, 6.07) is 5.05. The first-order valence-electron chi connectivity index (χ1n) is 15.0. The molecule has 1 amide bonds. The van der Waals surface area contributed by atoms with Gasteiger partial charge in [0.25, 0.3) is 5.91 Å². The van der Waals surface area contributed by atoms with Crippen molar-refractivity contribution >= 4 is 11.6 Å². The molecule has 1 aromatic carbocycles. The molecule has 2 N–H and O–H groups in total. The van der Waals surface area contributed by atoms with Crippen molar-refractivity contribution in [3.05, 3.63) is 46.5 Å². The van der Waals surface area contributed by atoms with Crippen molar-refractivity contribution in [2.75, 3.05) is 52.3 Å². The van der Waals surface area contributed by atoms with E-state index in [1.807, 2.05) is 6.07 Å². The largest absolute Gasteiger partial charge is 0.373 e. The number of imidazole rings is 1. The van der Waals surface area contributed by atoms with Gasteiger partial charge >= 0.3 is 0 Å². The number of likely N-dealkylation sites (tertiary alicyclic amines) is 1. The molecule has 2 fully saturated rings. The number of aromatic amines is 1. The number of nitrogens with zero attached hydrogens (tertiary/aromatic N) is 4. The molecule has 5 rings (SSSR count). The second kappa shape index (κ2) is 12.8. The van der Waals surface area contributed by atoms with Crippen LogP contribution in [0.4, 0.5) is 5.69 Å². The summed E-state index contributed by atoms with van der Waals surface area (Å²) < 4.78 is 5.73. The number of hydrogen-bond acceptors (Lipinski definition) is 6. The number of aromatic nitrogens is 2. The van der Waals surface area contributed by atoms with Crippen LogP contribution in [0.5, 0.6) is 0 Å². The number of nitrogens with one attached hydrogen (secondary N) is 2. The summed E-state index contributed by atoms with van der Waals surface area (Å²) in [5.41, 5.74) is 5.55. The predicted octanol–water partition coefficient (Wildman–Crippen LogP) is 4.11. The minimum atomic E-state index is -0.275. The van der Waals surface area contributed by atoms with Gasteiger partial charge in [-0.05, 0) is 104 Å². The van der Waals surface area contributed by atoms with Gasteiger partial charge in [0.1, 0.15) is 0 Å². The zero-order valence-corrected chi connectivity index (χ0v) is 24.9. The summed E-state index contributed by atoms with van der Waals surface area (Å²) in [4.78, 5) is 28.7. The SMILES string of the molecule is CCN(c1cc(C#CC2CCN(C)CC2)cc(C(=O)NC2COCc3[nH]cnc32)c1C)C1CCC(N(C)C)CC1. The Labute approximate surface area is 239 Å². The smallest absolute Gasteiger partial charge is 0.252 e. The Morgan fingerprint density at radius 3 is 2.58 bits per heavy atom. The highest BCUT2D eigenvalue weighted by atomic mass is 16.5. The van der Waals surface area contributed by atoms with Gasteiger partial charge in [-0.15, -0.1) is 0 Å². The van der Waals surface area contributed by atoms with Crippen LogP contribution in [0.25, 0.3) is 0 Å². The molecular weight excluding hydrogens is 500 g/mol. The van der Waals surface area contributed by atoms with Gasteiger partial charge < -0.3 is 29.7 Å². The number of ether oxygens (including phenoxy) is 1. The Kier molecular flexibility index (Phi) is 9.14. The monoisotopic (exact) mass is 546 g/mol. The molecule has 1 aliphatic carbocycles. The zero-order valence-electron chi connectivity index (χ0n) is 24.9. The van der Waals surface area contributed by atoms with Crippen LogP contribution in [0.2, 0.25) is 0 Å². The average Bonchev–Trinajstić information content (AvgIpc) is 3.45. The molecule has 1 saturated heterocycles. The summed E-state index contributed by atoms with van der Waals surface area (Å²) in [6.45, 7) is 8.30. The Morgan fingerprint density at radius 2 is 1.88 bits per heavy atom. The minimum absolute atomic E-state index is 0.0986. The summed E-state index contributed by atoms with van der Waals surface area (Å²) in [5, 5.41) is 3.21. The Bertz CT molecular complexity index is 1230. The quantitative estimate of drug-likeness (QED) is 0.531. The van der Waals surface area contributed by atoms with Crippen molar-refractivity contribution in [1.29, 1.82) is 0 Å². The first kappa shape index (κ1) is 28.7. The molecule has 40 heavy (non-hydrogen) atoms. The highest BCUT2D eigenvalue weighted by molar-refractivity contribution is 5.98. The lowest BCUT2D eigenvalue weighted by Crippen LogP contribution is -2.42. The van der Waals surface area contributed by atoms with E-state index in [1.165, 1.54) is 12.8 Å². The van der Waals surface area contributed by atoms with Gasteiger partial charge in [-0.2, -0.15) is 0 Å². The van der Waals surface area contributed by atoms with E-state index >= 15 is 0 Å². The lowest BCUT2D eigenvalue weighted by molar-refractivity contribution is 0.0686. The summed E-state index contributed by atoms with van der Waals surface area (Å²) in [5.74, 6) is 7.34. The molecule has 3 aliphatic rings. The first-order valence-corrected chi connectivity index (χ1v) is 15.0. The molecule has 2 aromatic rings. The average molecular weight is 547 g/mol. The van der Waals surface area contributed by atoms with Gasteiger partial charge in [0.2, 0.25) is 0 Å². The van der Waals surface area contributed by atoms with Crippen LogP contribution in [0.3, 0.4) is 0 Å². The lowest BCUT2D eigenvalue weighted by Gasteiger charge is -2.40. The van der Waals surface area contributed by atoms with Crippen molar-refractivity contribution in [3.63, 3.8) is 0 Å². The van der Waals surface area contributed by atoms with E-state index < -0.39 is 0 Å². The van der Waals surface area contributed by atoms with Gasteiger partial charge in [-0.1, -0.05) is 11.8 Å². The van der Waals surface area contributed by atoms with Crippen molar-refractivity contribution < 1.29 is 9.53 Å². The van der Waals surface area contributed by atoms with Crippen LogP contribution >= 0.6 is 0 Å². The van der Waals surface area contributed by atoms with Crippen LogP contribution in [0, 0.1) is 24.7 Å². The summed E-state index contributed by atoms with van der Waals surface area (Å²) in [7, 11) is 6.55. The van der Waals surface area contributed by atoms with Crippen molar-refractivity contribution in [1.82, 2.24) is 25.1 Å². The van der Waals surface area contributed by atoms with Gasteiger partial charge in [-0.25, -0.2) is 4.98 Å². The molecule has 3 heterocycles. The lowest BCUT2D eigenvalue weighted by atomic mass is 9.88. The number of carbonyl (C=O) groups excluding carboxylic acids is 1. The first-order chi connectivity index (χ1) is 19.3. The Hall–Kier alpha value is -2.86. The second-order valence-corrected chi connectivity index (χ2v) is 12.0. The molecular formula is C32H46N6O2.